The molecule has 3 N–H and O–H groups in total. The molecule has 0 atom stereocenters. The number of hydrogen-bond acceptors (Lipinski definition) is 5. The molecule has 7 nitrogen and oxygen atoms in total. The smallest absolute Gasteiger partial charge is 0.248 e. The number of amides is 1. The lowest BCUT2D eigenvalue weighted by atomic mass is 10.1. The Balaban J connectivity index is 1.77. The monoisotopic (exact) mass is 410 g/mol. The number of fused-ring (bicyclic) bond motifs is 2. The van der Waals surface area contributed by atoms with Crippen molar-refractivity contribution in [3.63, 3.8) is 0 Å². The van der Waals surface area contributed by atoms with Crippen molar-refractivity contribution in [1.82, 2.24) is 9.97 Å². The second-order valence-corrected chi connectivity index (χ2v) is 6.97. The molecule has 0 radical (unpaired) electrons. The number of benzene rings is 3. The Labute approximate surface area is 176 Å². The van der Waals surface area contributed by atoms with Crippen molar-refractivity contribution in [3.05, 3.63) is 83.9 Å². The molecule has 0 aliphatic rings. The molecule has 3 aromatic carbocycles. The Bertz CT molecular complexity index is 1460. The second-order valence-electron chi connectivity index (χ2n) is 6.97. The van der Waals surface area contributed by atoms with Crippen LogP contribution in [0.1, 0.15) is 10.4 Å². The number of rotatable bonds is 4. The summed E-state index contributed by atoms with van der Waals surface area (Å²) in [5.41, 5.74) is 9.77. The summed E-state index contributed by atoms with van der Waals surface area (Å²) in [6.45, 7) is 0. The van der Waals surface area contributed by atoms with E-state index in [9.17, 15) is 4.79 Å². The van der Waals surface area contributed by atoms with Gasteiger partial charge in [-0.1, -0.05) is 24.3 Å². The topological polar surface area (TPSA) is 106 Å². The zero-order valence-electron chi connectivity index (χ0n) is 16.6. The van der Waals surface area contributed by atoms with E-state index in [2.05, 4.69) is 9.98 Å². The van der Waals surface area contributed by atoms with E-state index < -0.39 is 5.91 Å². The highest BCUT2D eigenvalue weighted by Crippen LogP contribution is 2.28. The largest absolute Gasteiger partial charge is 0.493 e. The molecule has 0 saturated carbocycles. The van der Waals surface area contributed by atoms with Gasteiger partial charge in [-0.05, 0) is 48.5 Å². The van der Waals surface area contributed by atoms with Crippen LogP contribution < -0.4 is 16.0 Å². The first-order valence-corrected chi connectivity index (χ1v) is 9.63. The number of nitrogens with two attached hydrogens (primary N) is 1. The fourth-order valence-electron chi connectivity index (χ4n) is 3.44. The Morgan fingerprint density at radius 3 is 2.61 bits per heavy atom. The Hall–Kier alpha value is -4.39. The molecule has 5 rings (SSSR count). The van der Waals surface area contributed by atoms with E-state index in [1.807, 2.05) is 48.5 Å². The van der Waals surface area contributed by atoms with Gasteiger partial charge < -0.3 is 19.9 Å². The number of hydrogen-bond donors (Lipinski definition) is 2. The number of aromatic nitrogens is 2. The molecule has 0 spiro atoms. The van der Waals surface area contributed by atoms with Crippen LogP contribution in [0.25, 0.3) is 33.4 Å². The zero-order valence-corrected chi connectivity index (χ0v) is 16.6. The zero-order chi connectivity index (χ0) is 21.4. The van der Waals surface area contributed by atoms with Crippen LogP contribution in [0, 0.1) is 0 Å². The minimum atomic E-state index is -0.491. The average molecular weight is 410 g/mol. The number of aromatic amines is 1. The molecule has 31 heavy (non-hydrogen) atoms. The van der Waals surface area contributed by atoms with Crippen molar-refractivity contribution >= 4 is 33.6 Å². The summed E-state index contributed by atoms with van der Waals surface area (Å²) >= 11 is 0. The van der Waals surface area contributed by atoms with Crippen LogP contribution >= 0.6 is 0 Å². The minimum Gasteiger partial charge on any atom is -0.493 e. The molecule has 2 heterocycles. The van der Waals surface area contributed by atoms with Gasteiger partial charge in [0.25, 0.3) is 0 Å². The molecule has 5 aromatic rings. The van der Waals surface area contributed by atoms with Crippen LogP contribution in [-0.2, 0) is 0 Å². The number of primary amides is 1. The average Bonchev–Trinajstić information content (AvgIpc) is 3.22. The fraction of sp³-hybridized carbons (Fsp3) is 0.0417. The first-order valence-electron chi connectivity index (χ1n) is 9.63. The van der Waals surface area contributed by atoms with Gasteiger partial charge in [-0.15, -0.1) is 0 Å². The lowest BCUT2D eigenvalue weighted by Crippen LogP contribution is -2.10. The number of nitrogens with zero attached hydrogens (tertiary/aromatic N) is 2. The van der Waals surface area contributed by atoms with Crippen LogP contribution in [0.2, 0.25) is 0 Å². The molecule has 0 aliphatic carbocycles. The van der Waals surface area contributed by atoms with Gasteiger partial charge in [0.05, 0.1) is 29.4 Å². The number of methoxy groups -OCH3 is 1. The van der Waals surface area contributed by atoms with Crippen LogP contribution in [0.4, 0.5) is 5.69 Å². The molecule has 0 bridgehead atoms. The van der Waals surface area contributed by atoms with Gasteiger partial charge in [-0.25, -0.2) is 9.98 Å². The first-order chi connectivity index (χ1) is 15.1. The number of imidazole rings is 1. The summed E-state index contributed by atoms with van der Waals surface area (Å²) in [6.07, 6.45) is 0. The molecule has 2 aromatic heterocycles. The van der Waals surface area contributed by atoms with Crippen LogP contribution in [0.5, 0.6) is 5.75 Å². The maximum Gasteiger partial charge on any atom is 0.248 e. The van der Waals surface area contributed by atoms with Crippen LogP contribution in [0.15, 0.2) is 82.2 Å². The standard InChI is InChI=1S/C24H18N4O3/c1-30-20-8-4-5-15-13-17(23-27-18-6-2-3-7-19(18)28-23)24(31-21(15)20)26-16-11-9-14(10-12-16)22(25)29/h2-13H,1H3,(H2,25,29)(H,27,28). The highest BCUT2D eigenvalue weighted by molar-refractivity contribution is 5.93. The summed E-state index contributed by atoms with van der Waals surface area (Å²) in [5, 5.41) is 0.859. The van der Waals surface area contributed by atoms with Crippen LogP contribution in [0.3, 0.4) is 0 Å². The maximum absolute atomic E-state index is 11.4. The molecular weight excluding hydrogens is 392 g/mol. The van der Waals surface area contributed by atoms with Crippen molar-refractivity contribution in [2.75, 3.05) is 7.11 Å². The third-order valence-corrected chi connectivity index (χ3v) is 4.99. The van der Waals surface area contributed by atoms with Crippen molar-refractivity contribution in [2.45, 2.75) is 0 Å². The number of para-hydroxylation sites is 3. The number of ether oxygens (including phenoxy) is 1. The number of H-pyrrole nitrogens is 1. The molecule has 0 aliphatic heterocycles. The summed E-state index contributed by atoms with van der Waals surface area (Å²) < 4.78 is 11.7. The van der Waals surface area contributed by atoms with Gasteiger partial charge >= 0.3 is 0 Å². The van der Waals surface area contributed by atoms with Gasteiger partial charge in [-0.2, -0.15) is 0 Å². The molecule has 1 amide bonds. The quantitative estimate of drug-likeness (QED) is 0.460. The third-order valence-electron chi connectivity index (χ3n) is 4.99. The maximum atomic E-state index is 11.4. The van der Waals surface area contributed by atoms with E-state index >= 15 is 0 Å². The molecule has 0 unspecified atom stereocenters. The van der Waals surface area contributed by atoms with Crippen molar-refractivity contribution in [2.24, 2.45) is 10.7 Å². The molecule has 0 saturated heterocycles. The van der Waals surface area contributed by atoms with E-state index in [1.165, 1.54) is 0 Å². The van der Waals surface area contributed by atoms with E-state index in [1.54, 1.807) is 31.4 Å². The van der Waals surface area contributed by atoms with Gasteiger partial charge in [0, 0.05) is 10.9 Å². The third kappa shape index (κ3) is 3.42. The Kier molecular flexibility index (Phi) is 4.48. The summed E-state index contributed by atoms with van der Waals surface area (Å²) in [6, 6.07) is 22.1. The van der Waals surface area contributed by atoms with Crippen molar-refractivity contribution in [1.29, 1.82) is 0 Å². The summed E-state index contributed by atoms with van der Waals surface area (Å²) in [4.78, 5) is 24.1. The summed E-state index contributed by atoms with van der Waals surface area (Å²) in [7, 11) is 1.59. The lowest BCUT2D eigenvalue weighted by Gasteiger charge is -2.06. The van der Waals surface area contributed by atoms with Gasteiger partial charge in [0.15, 0.2) is 11.3 Å². The van der Waals surface area contributed by atoms with E-state index in [0.717, 1.165) is 16.4 Å². The Morgan fingerprint density at radius 2 is 1.87 bits per heavy atom. The summed E-state index contributed by atoms with van der Waals surface area (Å²) in [5.74, 6) is 0.756. The predicted octanol–water partition coefficient (Wildman–Crippen LogP) is 4.32. The molecule has 0 fully saturated rings. The van der Waals surface area contributed by atoms with Gasteiger partial charge in [0.1, 0.15) is 5.82 Å². The number of carbonyl (C=O) groups is 1. The van der Waals surface area contributed by atoms with Gasteiger partial charge in [0.2, 0.25) is 11.5 Å². The molecule has 7 heteroatoms. The normalized spacial score (nSPS) is 11.8. The SMILES string of the molecule is COc1cccc2cc(-c3nc4ccccc4[nH]3)c(=Nc3ccc(C(N)=O)cc3)oc12. The number of carbonyl (C=O) groups excluding carboxylic acids is 1. The first kappa shape index (κ1) is 18.6. The van der Waals surface area contributed by atoms with Crippen molar-refractivity contribution < 1.29 is 13.9 Å². The van der Waals surface area contributed by atoms with Crippen molar-refractivity contribution in [3.8, 4) is 17.1 Å². The molecular formula is C24H18N4O3. The Morgan fingerprint density at radius 1 is 1.06 bits per heavy atom. The van der Waals surface area contributed by atoms with Crippen LogP contribution in [-0.4, -0.2) is 23.0 Å². The second kappa shape index (κ2) is 7.46. The van der Waals surface area contributed by atoms with E-state index in [4.69, 9.17) is 19.9 Å². The van der Waals surface area contributed by atoms with Gasteiger partial charge in [-0.3, -0.25) is 4.79 Å². The highest BCUT2D eigenvalue weighted by Gasteiger charge is 2.13. The number of nitrogens with one attached hydrogen (secondary N) is 1. The molecule has 152 valence electrons. The van der Waals surface area contributed by atoms with E-state index in [-0.39, 0.29) is 0 Å². The lowest BCUT2D eigenvalue weighted by molar-refractivity contribution is 0.100. The predicted molar refractivity (Wildman–Crippen MR) is 118 cm³/mol. The highest BCUT2D eigenvalue weighted by atomic mass is 16.5. The minimum absolute atomic E-state index is 0.364. The fourth-order valence-corrected chi connectivity index (χ4v) is 3.44. The van der Waals surface area contributed by atoms with E-state index in [0.29, 0.717) is 39.5 Å².